The van der Waals surface area contributed by atoms with Crippen LogP contribution in [0.1, 0.15) is 67.0 Å². The number of nitrogens with zero attached hydrogens (tertiary/aromatic N) is 1. The number of carbonyl (C=O) groups is 1. The monoisotopic (exact) mass is 451 g/mol. The highest BCUT2D eigenvalue weighted by Crippen LogP contribution is 2.44. The first-order chi connectivity index (χ1) is 14.0. The lowest BCUT2D eigenvalue weighted by molar-refractivity contribution is -0.109. The van der Waals surface area contributed by atoms with E-state index in [4.69, 9.17) is 13.9 Å². The Balaban J connectivity index is 2.36. The van der Waals surface area contributed by atoms with E-state index in [2.05, 4.69) is 33.9 Å². The van der Waals surface area contributed by atoms with Crippen LogP contribution in [0.15, 0.2) is 30.3 Å². The van der Waals surface area contributed by atoms with Crippen molar-refractivity contribution in [2.45, 2.75) is 103 Å². The molecule has 1 amide bonds. The third-order valence-electron chi connectivity index (χ3n) is 6.13. The van der Waals surface area contributed by atoms with Gasteiger partial charge in [0, 0.05) is 0 Å². The van der Waals surface area contributed by atoms with Gasteiger partial charge in [-0.25, -0.2) is 4.79 Å². The zero-order valence-corrected chi connectivity index (χ0v) is 21.9. The van der Waals surface area contributed by atoms with Gasteiger partial charge in [0.2, 0.25) is 0 Å². The molecule has 0 aromatic heterocycles. The molecule has 2 rings (SSSR count). The zero-order chi connectivity index (χ0) is 23.8. The highest BCUT2D eigenvalue weighted by molar-refractivity contribution is 6.74. The molecule has 1 aliphatic heterocycles. The van der Waals surface area contributed by atoms with E-state index in [-0.39, 0.29) is 11.6 Å². The second-order valence-corrected chi connectivity index (χ2v) is 16.2. The van der Waals surface area contributed by atoms with Crippen molar-refractivity contribution in [1.29, 1.82) is 0 Å². The van der Waals surface area contributed by atoms with Crippen LogP contribution in [-0.4, -0.2) is 54.6 Å². The number of hydrogen-bond acceptors (Lipinski definition) is 5. The number of aliphatic hydroxyl groups is 1. The summed E-state index contributed by atoms with van der Waals surface area (Å²) in [4.78, 5) is 14.8. The fourth-order valence-electron chi connectivity index (χ4n) is 3.46. The number of aliphatic hydroxyl groups excluding tert-OH is 1. The number of amides is 1. The molecule has 0 unspecified atom stereocenters. The minimum Gasteiger partial charge on any atom is -0.444 e. The van der Waals surface area contributed by atoms with E-state index in [0.29, 0.717) is 0 Å². The lowest BCUT2D eigenvalue weighted by Crippen LogP contribution is -2.47. The van der Waals surface area contributed by atoms with Gasteiger partial charge in [0.15, 0.2) is 8.32 Å². The van der Waals surface area contributed by atoms with Crippen LogP contribution in [0, 0.1) is 0 Å². The second-order valence-electron chi connectivity index (χ2n) is 11.4. The highest BCUT2D eigenvalue weighted by atomic mass is 28.4. The maximum Gasteiger partial charge on any atom is 0.413 e. The molecule has 3 atom stereocenters. The van der Waals surface area contributed by atoms with Crippen LogP contribution in [-0.2, 0) is 13.9 Å². The Kier molecular flexibility index (Phi) is 7.38. The van der Waals surface area contributed by atoms with E-state index in [1.807, 2.05) is 65.0 Å². The van der Waals surface area contributed by atoms with Crippen molar-refractivity contribution in [2.24, 2.45) is 0 Å². The van der Waals surface area contributed by atoms with Gasteiger partial charge < -0.3 is 19.0 Å². The third kappa shape index (κ3) is 6.09. The molecule has 0 radical (unpaired) electrons. The molecule has 6 nitrogen and oxygen atoms in total. The van der Waals surface area contributed by atoms with Gasteiger partial charge in [-0.15, -0.1) is 0 Å². The first-order valence-corrected chi connectivity index (χ1v) is 13.9. The van der Waals surface area contributed by atoms with Gasteiger partial charge in [-0.2, -0.15) is 0 Å². The SMILES string of the molecule is CC(C)(C)OC(=O)N1[C@H](c2ccccc2)[C@@H]([C@@H](O)CO[Si](C)(C)C(C)(C)C)OC1(C)C. The predicted octanol–water partition coefficient (Wildman–Crippen LogP) is 5.48. The van der Waals surface area contributed by atoms with Crippen LogP contribution in [0.2, 0.25) is 18.1 Å². The molecule has 1 saturated heterocycles. The summed E-state index contributed by atoms with van der Waals surface area (Å²) in [5.41, 5.74) is -0.711. The lowest BCUT2D eigenvalue weighted by Gasteiger charge is -2.37. The number of benzene rings is 1. The maximum atomic E-state index is 13.2. The lowest BCUT2D eigenvalue weighted by atomic mass is 9.97. The van der Waals surface area contributed by atoms with Crippen LogP contribution < -0.4 is 0 Å². The molecule has 1 aromatic rings. The Morgan fingerprint density at radius 3 is 2.19 bits per heavy atom. The molecule has 1 heterocycles. The van der Waals surface area contributed by atoms with E-state index >= 15 is 0 Å². The van der Waals surface area contributed by atoms with Gasteiger partial charge in [-0.3, -0.25) is 4.90 Å². The van der Waals surface area contributed by atoms with E-state index in [1.165, 1.54) is 0 Å². The summed E-state index contributed by atoms with van der Waals surface area (Å²) in [6.45, 7) is 20.1. The van der Waals surface area contributed by atoms with Gasteiger partial charge in [0.25, 0.3) is 0 Å². The summed E-state index contributed by atoms with van der Waals surface area (Å²) >= 11 is 0. The van der Waals surface area contributed by atoms with E-state index < -0.39 is 44.0 Å². The summed E-state index contributed by atoms with van der Waals surface area (Å²) in [5, 5.41) is 11.2. The molecule has 1 aromatic carbocycles. The summed E-state index contributed by atoms with van der Waals surface area (Å²) in [6.07, 6.45) is -2.01. The molecule has 176 valence electrons. The number of carbonyl (C=O) groups excluding carboxylic acids is 1. The van der Waals surface area contributed by atoms with Crippen molar-refractivity contribution < 1.29 is 23.8 Å². The summed E-state index contributed by atoms with van der Waals surface area (Å²) in [6, 6.07) is 9.16. The summed E-state index contributed by atoms with van der Waals surface area (Å²) in [5.74, 6) is 0. The molecule has 1 N–H and O–H groups in total. The molecule has 0 spiro atoms. The second kappa shape index (κ2) is 8.85. The third-order valence-corrected chi connectivity index (χ3v) is 10.6. The van der Waals surface area contributed by atoms with Crippen LogP contribution >= 0.6 is 0 Å². The van der Waals surface area contributed by atoms with Crippen LogP contribution in [0.5, 0.6) is 0 Å². The van der Waals surface area contributed by atoms with Gasteiger partial charge in [-0.1, -0.05) is 51.1 Å². The Morgan fingerprint density at radius 1 is 1.16 bits per heavy atom. The van der Waals surface area contributed by atoms with E-state index in [0.717, 1.165) is 5.56 Å². The smallest absolute Gasteiger partial charge is 0.413 e. The summed E-state index contributed by atoms with van der Waals surface area (Å²) in [7, 11) is -2.05. The van der Waals surface area contributed by atoms with Gasteiger partial charge in [0.1, 0.15) is 23.5 Å². The quantitative estimate of drug-likeness (QED) is 0.600. The zero-order valence-electron chi connectivity index (χ0n) is 20.9. The van der Waals surface area contributed by atoms with Crippen LogP contribution in [0.25, 0.3) is 0 Å². The normalized spacial score (nSPS) is 23.0. The average molecular weight is 452 g/mol. The molecule has 7 heteroatoms. The van der Waals surface area contributed by atoms with Crippen molar-refractivity contribution >= 4 is 14.4 Å². The molecular formula is C24H41NO5Si. The summed E-state index contributed by atoms with van der Waals surface area (Å²) < 4.78 is 18.3. The van der Waals surface area contributed by atoms with E-state index in [1.54, 1.807) is 4.90 Å². The topological polar surface area (TPSA) is 68.2 Å². The number of hydrogen-bond donors (Lipinski definition) is 1. The van der Waals surface area contributed by atoms with Crippen LogP contribution in [0.3, 0.4) is 0 Å². The Hall–Kier alpha value is -1.41. The minimum absolute atomic E-state index is 0.0317. The molecule has 0 aliphatic carbocycles. The molecular weight excluding hydrogens is 410 g/mol. The molecule has 1 aliphatic rings. The van der Waals surface area contributed by atoms with Crippen molar-refractivity contribution in [3.05, 3.63) is 35.9 Å². The first kappa shape index (κ1) is 25.8. The Labute approximate surface area is 189 Å². The predicted molar refractivity (Wildman–Crippen MR) is 125 cm³/mol. The number of ether oxygens (including phenoxy) is 2. The first-order valence-electron chi connectivity index (χ1n) is 11.0. The standard InChI is InChI=1S/C24H41NO5Si/c1-22(2,3)30-21(27)25-19(17-14-12-11-13-15-17)20(29-24(25,7)8)18(26)16-28-31(9,10)23(4,5)6/h11-15,18-20,26H,16H2,1-10H3/t18-,19+,20+/m0/s1. The van der Waals surface area contributed by atoms with Crippen LogP contribution in [0.4, 0.5) is 4.79 Å². The minimum atomic E-state index is -2.05. The number of rotatable bonds is 5. The Bertz CT molecular complexity index is 751. The van der Waals surface area contributed by atoms with E-state index in [9.17, 15) is 9.90 Å². The van der Waals surface area contributed by atoms with Gasteiger partial charge >= 0.3 is 6.09 Å². The fourth-order valence-corrected chi connectivity index (χ4v) is 4.48. The molecule has 1 fully saturated rings. The highest BCUT2D eigenvalue weighted by Gasteiger charge is 2.54. The maximum absolute atomic E-state index is 13.2. The fraction of sp³-hybridized carbons (Fsp3) is 0.708. The van der Waals surface area contributed by atoms with Gasteiger partial charge in [0.05, 0.1) is 12.6 Å². The molecule has 0 bridgehead atoms. The van der Waals surface area contributed by atoms with Crippen molar-refractivity contribution in [3.63, 3.8) is 0 Å². The molecule has 0 saturated carbocycles. The van der Waals surface area contributed by atoms with Crippen molar-refractivity contribution in [3.8, 4) is 0 Å². The van der Waals surface area contributed by atoms with Gasteiger partial charge in [-0.05, 0) is 58.3 Å². The largest absolute Gasteiger partial charge is 0.444 e. The van der Waals surface area contributed by atoms with Crippen molar-refractivity contribution in [2.75, 3.05) is 6.61 Å². The van der Waals surface area contributed by atoms with Crippen molar-refractivity contribution in [1.82, 2.24) is 4.90 Å². The average Bonchev–Trinajstić information content (AvgIpc) is 2.89. The Morgan fingerprint density at radius 2 is 1.71 bits per heavy atom. The molecule has 31 heavy (non-hydrogen) atoms.